The first-order chi connectivity index (χ1) is 12.0. The van der Waals surface area contributed by atoms with E-state index >= 15 is 0 Å². The highest BCUT2D eigenvalue weighted by molar-refractivity contribution is 7.17. The molecule has 0 aliphatic heterocycles. The Morgan fingerprint density at radius 2 is 2.08 bits per heavy atom. The highest BCUT2D eigenvalue weighted by Gasteiger charge is 2.26. The minimum absolute atomic E-state index is 0.0663. The van der Waals surface area contributed by atoms with Crippen LogP contribution in [-0.2, 0) is 17.6 Å². The van der Waals surface area contributed by atoms with E-state index in [-0.39, 0.29) is 18.5 Å². The van der Waals surface area contributed by atoms with E-state index in [1.807, 2.05) is 31.2 Å². The van der Waals surface area contributed by atoms with Crippen molar-refractivity contribution in [2.45, 2.75) is 32.2 Å². The summed E-state index contributed by atoms with van der Waals surface area (Å²) in [5.41, 5.74) is 7.93. The summed E-state index contributed by atoms with van der Waals surface area (Å²) in [4.78, 5) is 25.2. The Morgan fingerprint density at radius 1 is 1.32 bits per heavy atom. The Hall–Kier alpha value is -1.89. The molecule has 0 spiro atoms. The van der Waals surface area contributed by atoms with Gasteiger partial charge in [0.2, 0.25) is 5.91 Å². The van der Waals surface area contributed by atoms with Gasteiger partial charge in [-0.2, -0.15) is 0 Å². The lowest BCUT2D eigenvalue weighted by Gasteiger charge is -2.15. The summed E-state index contributed by atoms with van der Waals surface area (Å²) in [6.07, 6.45) is 2.83. The van der Waals surface area contributed by atoms with Crippen LogP contribution in [0, 0.1) is 0 Å². The number of primary amides is 1. The maximum Gasteiger partial charge on any atom is 0.251 e. The van der Waals surface area contributed by atoms with Crippen molar-refractivity contribution in [3.05, 3.63) is 50.9 Å². The van der Waals surface area contributed by atoms with Gasteiger partial charge in [-0.25, -0.2) is 0 Å². The highest BCUT2D eigenvalue weighted by atomic mass is 35.5. The van der Waals surface area contributed by atoms with Gasteiger partial charge in [-0.1, -0.05) is 29.8 Å². The lowest BCUT2D eigenvalue weighted by molar-refractivity contribution is -0.115. The molecule has 7 heteroatoms. The molecule has 0 radical (unpaired) electrons. The lowest BCUT2D eigenvalue weighted by Crippen LogP contribution is -2.30. The maximum absolute atomic E-state index is 12.3. The average Bonchev–Trinajstić information content (AvgIpc) is 3.13. The average molecular weight is 378 g/mol. The number of nitrogens with two attached hydrogens (primary N) is 1. The minimum atomic E-state index is -0.480. The van der Waals surface area contributed by atoms with Crippen LogP contribution in [0.5, 0.6) is 0 Å². The molecule has 1 aliphatic carbocycles. The van der Waals surface area contributed by atoms with Gasteiger partial charge in [0.25, 0.3) is 5.91 Å². The van der Waals surface area contributed by atoms with Crippen LogP contribution in [0.2, 0.25) is 5.02 Å². The smallest absolute Gasteiger partial charge is 0.251 e. The van der Waals surface area contributed by atoms with Gasteiger partial charge < -0.3 is 16.4 Å². The van der Waals surface area contributed by atoms with Crippen LogP contribution in [0.1, 0.15) is 45.7 Å². The Labute approximate surface area is 155 Å². The zero-order valence-corrected chi connectivity index (χ0v) is 15.5. The number of amides is 2. The SMILES string of the molecule is C[C@@H](NCC(=O)Nc1sc2c(c1C(N)=O)CCC2)c1ccccc1Cl. The summed E-state index contributed by atoms with van der Waals surface area (Å²) in [7, 11) is 0. The fourth-order valence-corrected chi connectivity index (χ4v) is 4.72. The molecule has 1 atom stereocenters. The van der Waals surface area contributed by atoms with Gasteiger partial charge in [-0.3, -0.25) is 9.59 Å². The van der Waals surface area contributed by atoms with E-state index in [1.54, 1.807) is 0 Å². The van der Waals surface area contributed by atoms with Crippen molar-refractivity contribution in [3.8, 4) is 0 Å². The van der Waals surface area contributed by atoms with E-state index in [0.717, 1.165) is 35.3 Å². The Balaban J connectivity index is 1.64. The molecule has 5 nitrogen and oxygen atoms in total. The Kier molecular flexibility index (Phi) is 5.42. The van der Waals surface area contributed by atoms with Crippen LogP contribution in [0.3, 0.4) is 0 Å². The van der Waals surface area contributed by atoms with Crippen molar-refractivity contribution in [2.75, 3.05) is 11.9 Å². The molecule has 2 aromatic rings. The van der Waals surface area contributed by atoms with Gasteiger partial charge in [0.05, 0.1) is 12.1 Å². The standard InChI is InChI=1S/C18H20ClN3O2S/c1-10(11-5-2-3-7-13(11)19)21-9-15(23)22-18-16(17(20)24)12-6-4-8-14(12)25-18/h2-3,5,7,10,21H,4,6,8-9H2,1H3,(H2,20,24)(H,22,23)/t10-/m1/s1. The van der Waals surface area contributed by atoms with E-state index in [0.29, 0.717) is 15.6 Å². The van der Waals surface area contributed by atoms with Crippen molar-refractivity contribution in [1.29, 1.82) is 0 Å². The molecule has 1 aromatic heterocycles. The first kappa shape index (κ1) is 17.9. The van der Waals surface area contributed by atoms with Crippen LogP contribution in [0.4, 0.5) is 5.00 Å². The molecule has 0 saturated heterocycles. The lowest BCUT2D eigenvalue weighted by atomic mass is 10.1. The van der Waals surface area contributed by atoms with Gasteiger partial charge in [0.1, 0.15) is 5.00 Å². The van der Waals surface area contributed by atoms with Crippen molar-refractivity contribution < 1.29 is 9.59 Å². The second-order valence-electron chi connectivity index (χ2n) is 6.10. The van der Waals surface area contributed by atoms with E-state index in [4.69, 9.17) is 17.3 Å². The number of thiophene rings is 1. The zero-order valence-electron chi connectivity index (χ0n) is 13.9. The van der Waals surface area contributed by atoms with Crippen molar-refractivity contribution in [1.82, 2.24) is 5.32 Å². The summed E-state index contributed by atoms with van der Waals surface area (Å²) in [5, 5.41) is 7.20. The number of carbonyl (C=O) groups excluding carboxylic acids is 2. The topological polar surface area (TPSA) is 84.2 Å². The Bertz CT molecular complexity index is 819. The fourth-order valence-electron chi connectivity index (χ4n) is 3.11. The third-order valence-electron chi connectivity index (χ3n) is 4.36. The number of rotatable bonds is 6. The van der Waals surface area contributed by atoms with Crippen molar-refractivity contribution >= 4 is 39.8 Å². The number of aryl methyl sites for hydroxylation is 1. The molecule has 25 heavy (non-hydrogen) atoms. The minimum Gasteiger partial charge on any atom is -0.365 e. The molecule has 0 unspecified atom stereocenters. The number of carbonyl (C=O) groups is 2. The largest absolute Gasteiger partial charge is 0.365 e. The van der Waals surface area contributed by atoms with Gasteiger partial charge >= 0.3 is 0 Å². The van der Waals surface area contributed by atoms with Gasteiger partial charge in [0.15, 0.2) is 0 Å². The van der Waals surface area contributed by atoms with Crippen LogP contribution in [0.25, 0.3) is 0 Å². The van der Waals surface area contributed by atoms with Crippen LogP contribution in [-0.4, -0.2) is 18.4 Å². The molecular weight excluding hydrogens is 358 g/mol. The summed E-state index contributed by atoms with van der Waals surface area (Å²) in [5.74, 6) is -0.687. The highest BCUT2D eigenvalue weighted by Crippen LogP contribution is 2.38. The summed E-state index contributed by atoms with van der Waals surface area (Å²) in [6.45, 7) is 2.07. The predicted molar refractivity (Wildman–Crippen MR) is 101 cm³/mol. The van der Waals surface area contributed by atoms with Crippen molar-refractivity contribution in [3.63, 3.8) is 0 Å². The van der Waals surface area contributed by atoms with E-state index < -0.39 is 5.91 Å². The number of hydrogen-bond donors (Lipinski definition) is 3. The summed E-state index contributed by atoms with van der Waals surface area (Å²) >= 11 is 7.63. The van der Waals surface area contributed by atoms with E-state index in [2.05, 4.69) is 10.6 Å². The van der Waals surface area contributed by atoms with Gasteiger partial charge in [-0.05, 0) is 43.4 Å². The van der Waals surface area contributed by atoms with E-state index in [9.17, 15) is 9.59 Å². The zero-order chi connectivity index (χ0) is 18.0. The second-order valence-corrected chi connectivity index (χ2v) is 7.61. The van der Waals surface area contributed by atoms with Crippen LogP contribution in [0.15, 0.2) is 24.3 Å². The molecule has 2 amide bonds. The summed E-state index contributed by atoms with van der Waals surface area (Å²) < 4.78 is 0. The fraction of sp³-hybridized carbons (Fsp3) is 0.333. The Morgan fingerprint density at radius 3 is 2.80 bits per heavy atom. The number of nitrogens with one attached hydrogen (secondary N) is 2. The van der Waals surface area contributed by atoms with Gasteiger partial charge in [-0.15, -0.1) is 11.3 Å². The third kappa shape index (κ3) is 3.86. The third-order valence-corrected chi connectivity index (χ3v) is 5.91. The predicted octanol–water partition coefficient (Wildman–Crippen LogP) is 3.28. The monoisotopic (exact) mass is 377 g/mol. The van der Waals surface area contributed by atoms with Crippen LogP contribution < -0.4 is 16.4 Å². The molecule has 0 saturated carbocycles. The molecule has 132 valence electrons. The number of halogens is 1. The molecule has 1 heterocycles. The molecular formula is C18H20ClN3O2S. The normalized spacial score (nSPS) is 14.2. The molecule has 4 N–H and O–H groups in total. The van der Waals surface area contributed by atoms with Gasteiger partial charge in [0, 0.05) is 15.9 Å². The molecule has 1 aromatic carbocycles. The van der Waals surface area contributed by atoms with Crippen molar-refractivity contribution in [2.24, 2.45) is 5.73 Å². The number of hydrogen-bond acceptors (Lipinski definition) is 4. The molecule has 0 fully saturated rings. The molecule has 3 rings (SSSR count). The number of anilines is 1. The molecule has 1 aliphatic rings. The van der Waals surface area contributed by atoms with Crippen LogP contribution >= 0.6 is 22.9 Å². The number of fused-ring (bicyclic) bond motifs is 1. The quantitative estimate of drug-likeness (QED) is 0.722. The number of benzene rings is 1. The first-order valence-electron chi connectivity index (χ1n) is 8.19. The maximum atomic E-state index is 12.3. The molecule has 0 bridgehead atoms. The summed E-state index contributed by atoms with van der Waals surface area (Å²) in [6, 6.07) is 7.45. The van der Waals surface area contributed by atoms with E-state index in [1.165, 1.54) is 11.3 Å². The second kappa shape index (κ2) is 7.56. The first-order valence-corrected chi connectivity index (χ1v) is 9.38.